The predicted molar refractivity (Wildman–Crippen MR) is 102 cm³/mol. The molecule has 7 nitrogen and oxygen atoms in total. The Morgan fingerprint density at radius 3 is 2.54 bits per heavy atom. The summed E-state index contributed by atoms with van der Waals surface area (Å²) in [6.45, 7) is 5.63. The smallest absolute Gasteiger partial charge is 0.214 e. The van der Waals surface area contributed by atoms with Gasteiger partial charge in [0.05, 0.1) is 19.8 Å². The second kappa shape index (κ2) is 8.48. The number of benzene rings is 1. The molecule has 136 valence electrons. The number of pyridine rings is 1. The van der Waals surface area contributed by atoms with Crippen molar-refractivity contribution in [2.24, 2.45) is 0 Å². The molecule has 0 fully saturated rings. The van der Waals surface area contributed by atoms with Gasteiger partial charge in [0.1, 0.15) is 0 Å². The minimum Gasteiger partial charge on any atom is -0.490 e. The summed E-state index contributed by atoms with van der Waals surface area (Å²) < 4.78 is 13.5. The molecule has 0 saturated carbocycles. The average molecular weight is 371 g/mol. The minimum absolute atomic E-state index is 0.493. The fourth-order valence-corrected chi connectivity index (χ4v) is 2.71. The van der Waals surface area contributed by atoms with Gasteiger partial charge in [-0.25, -0.2) is 9.77 Å². The molecule has 3 aromatic rings. The van der Waals surface area contributed by atoms with Gasteiger partial charge in [-0.1, -0.05) is 6.07 Å². The standard InChI is InChI=1S/C18H21N5O2S/c1-3-24-15-6-5-13(11-16(15)25-4-2)12-20-23-17(21-22-18(23)26)14-7-9-19-10-8-14/h5-11,20H,3-4,12H2,1-2H3,(H,22,26). The molecule has 0 aliphatic heterocycles. The van der Waals surface area contributed by atoms with Crippen LogP contribution in [0, 0.1) is 4.77 Å². The molecule has 0 amide bonds. The lowest BCUT2D eigenvalue weighted by Crippen LogP contribution is -2.16. The molecule has 0 atom stereocenters. The number of hydrogen-bond acceptors (Lipinski definition) is 6. The first-order valence-corrected chi connectivity index (χ1v) is 8.84. The Kier molecular flexibility index (Phi) is 5.85. The first kappa shape index (κ1) is 17.9. The molecule has 0 spiro atoms. The first-order chi connectivity index (χ1) is 12.7. The molecule has 8 heteroatoms. The summed E-state index contributed by atoms with van der Waals surface area (Å²) in [7, 11) is 0. The maximum Gasteiger partial charge on any atom is 0.214 e. The molecule has 0 bridgehead atoms. The van der Waals surface area contributed by atoms with E-state index in [1.165, 1.54) is 0 Å². The van der Waals surface area contributed by atoms with Crippen molar-refractivity contribution >= 4 is 12.2 Å². The number of aromatic nitrogens is 4. The summed E-state index contributed by atoms with van der Waals surface area (Å²) in [6.07, 6.45) is 3.44. The second-order valence-corrected chi connectivity index (χ2v) is 5.79. The van der Waals surface area contributed by atoms with Crippen molar-refractivity contribution in [2.45, 2.75) is 20.4 Å². The number of nitrogens with one attached hydrogen (secondary N) is 2. The Hall–Kier alpha value is -2.87. The zero-order valence-corrected chi connectivity index (χ0v) is 15.5. The van der Waals surface area contributed by atoms with Crippen LogP contribution in [0.25, 0.3) is 11.4 Å². The molecule has 2 aromatic heterocycles. The molecule has 0 aliphatic rings. The molecule has 0 radical (unpaired) electrons. The Balaban J connectivity index is 1.81. The van der Waals surface area contributed by atoms with Crippen LogP contribution in [-0.2, 0) is 6.54 Å². The van der Waals surface area contributed by atoms with E-state index >= 15 is 0 Å². The number of nitrogens with zero attached hydrogens (tertiary/aromatic N) is 3. The van der Waals surface area contributed by atoms with E-state index in [2.05, 4.69) is 20.6 Å². The minimum atomic E-state index is 0.493. The van der Waals surface area contributed by atoms with Crippen molar-refractivity contribution < 1.29 is 9.47 Å². The van der Waals surface area contributed by atoms with Gasteiger partial charge in [-0.3, -0.25) is 4.98 Å². The highest BCUT2D eigenvalue weighted by Crippen LogP contribution is 2.28. The van der Waals surface area contributed by atoms with Crippen molar-refractivity contribution in [1.29, 1.82) is 0 Å². The van der Waals surface area contributed by atoms with Gasteiger partial charge in [0.25, 0.3) is 0 Å². The Labute approximate surface area is 157 Å². The molecule has 3 rings (SSSR count). The maximum atomic E-state index is 5.68. The largest absolute Gasteiger partial charge is 0.490 e. The van der Waals surface area contributed by atoms with Crippen LogP contribution in [0.15, 0.2) is 42.7 Å². The van der Waals surface area contributed by atoms with Crippen LogP contribution in [0.5, 0.6) is 11.5 Å². The second-order valence-electron chi connectivity index (χ2n) is 5.41. The Morgan fingerprint density at radius 1 is 1.08 bits per heavy atom. The van der Waals surface area contributed by atoms with E-state index in [4.69, 9.17) is 21.7 Å². The molecular weight excluding hydrogens is 350 g/mol. The van der Waals surface area contributed by atoms with E-state index in [0.29, 0.717) is 30.4 Å². The molecule has 0 aliphatic carbocycles. The van der Waals surface area contributed by atoms with E-state index in [0.717, 1.165) is 22.6 Å². The molecule has 2 N–H and O–H groups in total. The topological polar surface area (TPSA) is 77.0 Å². The number of rotatable bonds is 8. The van der Waals surface area contributed by atoms with Gasteiger partial charge in [-0.15, -0.1) is 0 Å². The Bertz CT molecular complexity index is 907. The maximum absolute atomic E-state index is 5.68. The monoisotopic (exact) mass is 371 g/mol. The summed E-state index contributed by atoms with van der Waals surface area (Å²) in [5, 5.41) is 7.11. The summed E-state index contributed by atoms with van der Waals surface area (Å²) in [5.41, 5.74) is 5.26. The summed E-state index contributed by atoms with van der Waals surface area (Å²) in [5.74, 6) is 2.18. The van der Waals surface area contributed by atoms with Crippen molar-refractivity contribution in [1.82, 2.24) is 19.9 Å². The molecule has 2 heterocycles. The van der Waals surface area contributed by atoms with Crippen LogP contribution >= 0.6 is 12.2 Å². The summed E-state index contributed by atoms with van der Waals surface area (Å²) in [6, 6.07) is 9.65. The molecule has 0 saturated heterocycles. The highest BCUT2D eigenvalue weighted by Gasteiger charge is 2.10. The normalized spacial score (nSPS) is 10.5. The van der Waals surface area contributed by atoms with Crippen LogP contribution in [0.1, 0.15) is 19.4 Å². The fourth-order valence-electron chi connectivity index (χ4n) is 2.51. The highest BCUT2D eigenvalue weighted by molar-refractivity contribution is 7.71. The lowest BCUT2D eigenvalue weighted by molar-refractivity contribution is 0.287. The third-order valence-electron chi connectivity index (χ3n) is 3.66. The number of ether oxygens (including phenoxy) is 2. The van der Waals surface area contributed by atoms with E-state index in [1.807, 2.05) is 44.2 Å². The third-order valence-corrected chi connectivity index (χ3v) is 3.93. The van der Waals surface area contributed by atoms with Gasteiger partial charge in [0.2, 0.25) is 4.77 Å². The van der Waals surface area contributed by atoms with Crippen LogP contribution in [0.3, 0.4) is 0 Å². The average Bonchev–Trinajstić information content (AvgIpc) is 3.03. The summed E-state index contributed by atoms with van der Waals surface area (Å²) >= 11 is 5.33. The van der Waals surface area contributed by atoms with Crippen molar-refractivity contribution in [2.75, 3.05) is 18.6 Å². The van der Waals surface area contributed by atoms with Gasteiger partial charge >= 0.3 is 0 Å². The zero-order valence-electron chi connectivity index (χ0n) is 14.7. The van der Waals surface area contributed by atoms with E-state index in [9.17, 15) is 0 Å². The first-order valence-electron chi connectivity index (χ1n) is 8.43. The molecule has 26 heavy (non-hydrogen) atoms. The Morgan fingerprint density at radius 2 is 1.81 bits per heavy atom. The SMILES string of the molecule is CCOc1ccc(CNn2c(-c3ccncc3)n[nH]c2=S)cc1OCC. The number of hydrogen-bond donors (Lipinski definition) is 2. The van der Waals surface area contributed by atoms with Gasteiger partial charge in [-0.05, 0) is 55.9 Å². The van der Waals surface area contributed by atoms with Crippen LogP contribution in [-0.4, -0.2) is 33.1 Å². The van der Waals surface area contributed by atoms with Crippen LogP contribution in [0.4, 0.5) is 0 Å². The van der Waals surface area contributed by atoms with Crippen molar-refractivity contribution in [3.05, 3.63) is 53.1 Å². The zero-order chi connectivity index (χ0) is 18.4. The molecule has 1 aromatic carbocycles. The quantitative estimate of drug-likeness (QED) is 0.590. The van der Waals surface area contributed by atoms with Crippen molar-refractivity contribution in [3.63, 3.8) is 0 Å². The third kappa shape index (κ3) is 4.02. The van der Waals surface area contributed by atoms with Gasteiger partial charge in [0.15, 0.2) is 17.3 Å². The van der Waals surface area contributed by atoms with Gasteiger partial charge in [0, 0.05) is 18.0 Å². The summed E-state index contributed by atoms with van der Waals surface area (Å²) in [4.78, 5) is 4.03. The lowest BCUT2D eigenvalue weighted by Gasteiger charge is -2.14. The molecule has 0 unspecified atom stereocenters. The molecular formula is C18H21N5O2S. The van der Waals surface area contributed by atoms with Crippen molar-refractivity contribution in [3.8, 4) is 22.9 Å². The van der Waals surface area contributed by atoms with E-state index < -0.39 is 0 Å². The van der Waals surface area contributed by atoms with Crippen LogP contribution < -0.4 is 14.9 Å². The highest BCUT2D eigenvalue weighted by atomic mass is 32.1. The van der Waals surface area contributed by atoms with E-state index in [1.54, 1.807) is 17.1 Å². The predicted octanol–water partition coefficient (Wildman–Crippen LogP) is 3.54. The van der Waals surface area contributed by atoms with Gasteiger partial charge < -0.3 is 14.9 Å². The van der Waals surface area contributed by atoms with Gasteiger partial charge in [-0.2, -0.15) is 5.10 Å². The lowest BCUT2D eigenvalue weighted by atomic mass is 10.2. The number of H-pyrrole nitrogens is 1. The number of aromatic amines is 1. The van der Waals surface area contributed by atoms with Crippen LogP contribution in [0.2, 0.25) is 0 Å². The fraction of sp³-hybridized carbons (Fsp3) is 0.278. The van der Waals surface area contributed by atoms with E-state index in [-0.39, 0.29) is 0 Å².